The molecule has 1 saturated carbocycles. The number of rotatable bonds is 0. The number of hydrogen-bond donors (Lipinski definition) is 0. The molecule has 38 valence electrons. The van der Waals surface area contributed by atoms with Gasteiger partial charge in [0.15, 0.2) is 0 Å². The summed E-state index contributed by atoms with van der Waals surface area (Å²) >= 11 is 1.37. The van der Waals surface area contributed by atoms with Gasteiger partial charge in [-0.3, -0.25) is 0 Å². The molecular formula is C6H10Hf. The van der Waals surface area contributed by atoms with Crippen molar-refractivity contribution in [2.45, 2.75) is 32.1 Å². The molecule has 0 amide bonds. The Balaban J connectivity index is 2.25. The second-order valence-electron chi connectivity index (χ2n) is 2.16. The predicted molar refractivity (Wildman–Crippen MR) is 28.1 cm³/mol. The average molecular weight is 261 g/mol. The van der Waals surface area contributed by atoms with Crippen molar-refractivity contribution in [3.05, 3.63) is 0 Å². The Bertz CT molecular complexity index is 68.2. The second kappa shape index (κ2) is 2.91. The molecule has 0 heterocycles. The van der Waals surface area contributed by atoms with Gasteiger partial charge in [-0.2, -0.15) is 0 Å². The molecule has 0 spiro atoms. The molecule has 1 rings (SSSR count). The maximum absolute atomic E-state index is 1.85. The first-order valence-corrected chi connectivity index (χ1v) is 4.75. The van der Waals surface area contributed by atoms with Crippen molar-refractivity contribution >= 4 is 3.26 Å². The number of hydrogen-bond acceptors (Lipinski definition) is 0. The van der Waals surface area contributed by atoms with Gasteiger partial charge in [0.25, 0.3) is 0 Å². The van der Waals surface area contributed by atoms with E-state index in [0.29, 0.717) is 0 Å². The van der Waals surface area contributed by atoms with Crippen LogP contribution >= 0.6 is 0 Å². The van der Waals surface area contributed by atoms with Gasteiger partial charge in [0.1, 0.15) is 0 Å². The van der Waals surface area contributed by atoms with E-state index < -0.39 is 0 Å². The van der Waals surface area contributed by atoms with E-state index in [1.807, 2.05) is 3.26 Å². The monoisotopic (exact) mass is 262 g/mol. The van der Waals surface area contributed by atoms with E-state index in [4.69, 9.17) is 0 Å². The van der Waals surface area contributed by atoms with Crippen LogP contribution in [0.4, 0.5) is 0 Å². The Kier molecular flexibility index (Phi) is 2.44. The van der Waals surface area contributed by atoms with E-state index >= 15 is 0 Å². The van der Waals surface area contributed by atoms with Crippen LogP contribution in [0.15, 0.2) is 0 Å². The van der Waals surface area contributed by atoms with Gasteiger partial charge in [0.05, 0.1) is 0 Å². The molecule has 1 fully saturated rings. The normalized spacial score (nSPS) is 22.4. The van der Waals surface area contributed by atoms with Crippen LogP contribution < -0.4 is 0 Å². The van der Waals surface area contributed by atoms with Crippen molar-refractivity contribution < 1.29 is 23.9 Å². The van der Waals surface area contributed by atoms with Crippen LogP contribution in [0, 0.1) is 0 Å². The van der Waals surface area contributed by atoms with Crippen molar-refractivity contribution in [1.29, 1.82) is 0 Å². The van der Waals surface area contributed by atoms with E-state index in [9.17, 15) is 0 Å². The summed E-state index contributed by atoms with van der Waals surface area (Å²) in [5.74, 6) is 0. The first-order chi connectivity index (χ1) is 3.39. The summed E-state index contributed by atoms with van der Waals surface area (Å²) < 4.78 is 1.85. The summed E-state index contributed by atoms with van der Waals surface area (Å²) in [6.07, 6.45) is 7.39. The summed E-state index contributed by atoms with van der Waals surface area (Å²) in [6.45, 7) is 0. The van der Waals surface area contributed by atoms with Crippen LogP contribution in [0.5, 0.6) is 0 Å². The van der Waals surface area contributed by atoms with Gasteiger partial charge in [0.2, 0.25) is 0 Å². The molecule has 0 bridgehead atoms. The van der Waals surface area contributed by atoms with E-state index in [-0.39, 0.29) is 0 Å². The van der Waals surface area contributed by atoms with Gasteiger partial charge >= 0.3 is 59.3 Å². The third kappa shape index (κ3) is 1.98. The Hall–Kier alpha value is 0.740. The third-order valence-electron chi connectivity index (χ3n) is 1.46. The molecule has 7 heavy (non-hydrogen) atoms. The predicted octanol–water partition coefficient (Wildman–Crippen LogP) is 1.67. The molecule has 0 nitrogen and oxygen atoms in total. The zero-order valence-corrected chi connectivity index (χ0v) is 8.13. The molecule has 0 aromatic heterocycles. The standard InChI is InChI=1S/C6H10.Hf/c1-2-4-6-5-3-1;/h1-5H2;. The first-order valence-electron chi connectivity index (χ1n) is 2.96. The Labute approximate surface area is 59.3 Å². The summed E-state index contributed by atoms with van der Waals surface area (Å²) in [5.41, 5.74) is 0. The van der Waals surface area contributed by atoms with Crippen LogP contribution in [0.3, 0.4) is 0 Å². The Morgan fingerprint density at radius 1 is 1.00 bits per heavy atom. The maximum atomic E-state index is 1.85. The molecule has 1 heteroatoms. The fourth-order valence-electron chi connectivity index (χ4n) is 0.979. The minimum absolute atomic E-state index is 1.37. The summed E-state index contributed by atoms with van der Waals surface area (Å²) in [5, 5.41) is 0. The van der Waals surface area contributed by atoms with Gasteiger partial charge in [0, 0.05) is 0 Å². The molecule has 0 aromatic rings. The van der Waals surface area contributed by atoms with Crippen LogP contribution in [-0.4, -0.2) is 3.26 Å². The third-order valence-corrected chi connectivity index (χ3v) is 3.25. The van der Waals surface area contributed by atoms with Gasteiger partial charge in [-0.05, 0) is 0 Å². The van der Waals surface area contributed by atoms with Gasteiger partial charge in [-0.15, -0.1) is 0 Å². The molecule has 0 aromatic carbocycles. The van der Waals surface area contributed by atoms with E-state index in [1.165, 1.54) is 56.0 Å². The second-order valence-corrected chi connectivity index (χ2v) is 4.70. The van der Waals surface area contributed by atoms with Crippen LogP contribution in [0.1, 0.15) is 32.1 Å². The fourth-order valence-corrected chi connectivity index (χ4v) is 2.25. The molecule has 0 atom stereocenters. The zero-order valence-electron chi connectivity index (χ0n) is 4.54. The quantitative estimate of drug-likeness (QED) is 0.581. The topological polar surface area (TPSA) is 0 Å². The van der Waals surface area contributed by atoms with Gasteiger partial charge in [-0.25, -0.2) is 0 Å². The SMILES string of the molecule is [Hf]=[C]1CCCCC1. The molecule has 0 aliphatic heterocycles. The minimum atomic E-state index is 1.37. The molecule has 1 aliphatic rings. The molecule has 0 unspecified atom stereocenters. The van der Waals surface area contributed by atoms with E-state index in [1.54, 1.807) is 0 Å². The molecule has 0 radical (unpaired) electrons. The van der Waals surface area contributed by atoms with Crippen molar-refractivity contribution in [3.63, 3.8) is 0 Å². The van der Waals surface area contributed by atoms with E-state index in [0.717, 1.165) is 0 Å². The van der Waals surface area contributed by atoms with Crippen LogP contribution in [0.2, 0.25) is 0 Å². The first kappa shape index (κ1) is 5.87. The van der Waals surface area contributed by atoms with Crippen molar-refractivity contribution in [2.75, 3.05) is 0 Å². The van der Waals surface area contributed by atoms with Crippen molar-refractivity contribution in [1.82, 2.24) is 0 Å². The average Bonchev–Trinajstić information content (AvgIpc) is 1.69. The van der Waals surface area contributed by atoms with Crippen molar-refractivity contribution in [2.24, 2.45) is 0 Å². The summed E-state index contributed by atoms with van der Waals surface area (Å²) in [7, 11) is 0. The van der Waals surface area contributed by atoms with Crippen LogP contribution in [-0.2, 0) is 23.9 Å². The van der Waals surface area contributed by atoms with Crippen molar-refractivity contribution in [3.8, 4) is 0 Å². The molecule has 1 aliphatic carbocycles. The summed E-state index contributed by atoms with van der Waals surface area (Å²) in [6, 6.07) is 0. The Morgan fingerprint density at radius 3 is 1.86 bits per heavy atom. The molecule has 0 N–H and O–H groups in total. The van der Waals surface area contributed by atoms with E-state index in [2.05, 4.69) is 0 Å². The fraction of sp³-hybridized carbons (Fsp3) is 0.833. The molecule has 0 saturated heterocycles. The Morgan fingerprint density at radius 2 is 1.57 bits per heavy atom. The zero-order chi connectivity index (χ0) is 5.11. The van der Waals surface area contributed by atoms with Crippen LogP contribution in [0.25, 0.3) is 0 Å². The van der Waals surface area contributed by atoms with Gasteiger partial charge < -0.3 is 0 Å². The molecular weight excluding hydrogens is 251 g/mol. The summed E-state index contributed by atoms with van der Waals surface area (Å²) in [4.78, 5) is 0. The van der Waals surface area contributed by atoms with Gasteiger partial charge in [-0.1, -0.05) is 0 Å².